The summed E-state index contributed by atoms with van der Waals surface area (Å²) in [7, 11) is -1.27. The number of para-hydroxylation sites is 2. The summed E-state index contributed by atoms with van der Waals surface area (Å²) in [5, 5.41) is 10.0. The number of quaternary nitrogens is 1. The van der Waals surface area contributed by atoms with Gasteiger partial charge < -0.3 is 19.8 Å². The number of nitrogens with zero attached hydrogens (tertiary/aromatic N) is 2. The van der Waals surface area contributed by atoms with E-state index in [1.54, 1.807) is 24.1 Å². The van der Waals surface area contributed by atoms with Crippen molar-refractivity contribution in [2.45, 2.75) is 25.4 Å². The van der Waals surface area contributed by atoms with Gasteiger partial charge in [-0.1, -0.05) is 12.1 Å². The van der Waals surface area contributed by atoms with Crippen LogP contribution in [0.25, 0.3) is 0 Å². The first-order valence-electron chi connectivity index (χ1n) is 9.13. The Bertz CT molecular complexity index is 759. The van der Waals surface area contributed by atoms with Gasteiger partial charge >= 0.3 is 0 Å². The van der Waals surface area contributed by atoms with E-state index in [1.165, 1.54) is 4.90 Å². The first kappa shape index (κ1) is 19.0. The highest BCUT2D eigenvalue weighted by Gasteiger charge is 2.37. The molecule has 0 bridgehead atoms. The maximum Gasteiger partial charge on any atom is 0.280 e. The third-order valence-electron chi connectivity index (χ3n) is 5.71. The Morgan fingerprint density at radius 3 is 2.54 bits per heavy atom. The van der Waals surface area contributed by atoms with E-state index in [9.17, 15) is 18.3 Å². The van der Waals surface area contributed by atoms with Crippen LogP contribution in [0.1, 0.15) is 13.3 Å². The molecule has 26 heavy (non-hydrogen) atoms. The van der Waals surface area contributed by atoms with E-state index in [1.807, 2.05) is 19.1 Å². The minimum absolute atomic E-state index is 0.0121. The molecule has 0 saturated carbocycles. The number of hydrogen-bond donors (Lipinski definition) is 2. The van der Waals surface area contributed by atoms with Crippen molar-refractivity contribution in [1.29, 1.82) is 0 Å². The number of aromatic hydroxyl groups is 1. The second-order valence-electron chi connectivity index (χ2n) is 7.36. The summed E-state index contributed by atoms with van der Waals surface area (Å²) >= 11 is 0. The molecule has 2 N–H and O–H groups in total. The average molecular weight is 383 g/mol. The molecule has 2 fully saturated rings. The van der Waals surface area contributed by atoms with E-state index >= 15 is 0 Å². The van der Waals surface area contributed by atoms with Gasteiger partial charge in [-0.05, 0) is 25.5 Å². The molecule has 8 heteroatoms. The number of anilines is 1. The van der Waals surface area contributed by atoms with E-state index in [0.29, 0.717) is 6.42 Å². The number of rotatable bonds is 4. The van der Waals surface area contributed by atoms with Gasteiger partial charge in [-0.3, -0.25) is 4.79 Å². The number of amides is 1. The fourth-order valence-electron chi connectivity index (χ4n) is 3.94. The summed E-state index contributed by atoms with van der Waals surface area (Å²) in [5.41, 5.74) is 0.832. The van der Waals surface area contributed by atoms with Gasteiger partial charge in [0.25, 0.3) is 5.91 Å². The van der Waals surface area contributed by atoms with Gasteiger partial charge in [0.2, 0.25) is 0 Å². The smallest absolute Gasteiger partial charge is 0.280 e. The molecule has 7 nitrogen and oxygen atoms in total. The molecule has 3 rings (SSSR count). The lowest BCUT2D eigenvalue weighted by molar-refractivity contribution is -0.915. The van der Waals surface area contributed by atoms with Crippen LogP contribution in [0.4, 0.5) is 5.69 Å². The summed E-state index contributed by atoms with van der Waals surface area (Å²) in [4.78, 5) is 17.8. The van der Waals surface area contributed by atoms with Crippen LogP contribution >= 0.6 is 0 Å². The van der Waals surface area contributed by atoms with Crippen molar-refractivity contribution >= 4 is 21.4 Å². The monoisotopic (exact) mass is 382 g/mol. The van der Waals surface area contributed by atoms with Crippen molar-refractivity contribution in [2.24, 2.45) is 0 Å². The number of carbonyl (C=O) groups is 1. The maximum atomic E-state index is 12.8. The lowest BCUT2D eigenvalue weighted by Gasteiger charge is -2.37. The Kier molecular flexibility index (Phi) is 5.43. The molecule has 0 aromatic heterocycles. The van der Waals surface area contributed by atoms with Gasteiger partial charge in [-0.2, -0.15) is 0 Å². The maximum absolute atomic E-state index is 12.8. The predicted molar refractivity (Wildman–Crippen MR) is 100 cm³/mol. The Labute approximate surface area is 155 Å². The van der Waals surface area contributed by atoms with Crippen molar-refractivity contribution in [3.63, 3.8) is 0 Å². The molecule has 0 radical (unpaired) electrons. The highest BCUT2D eigenvalue weighted by Crippen LogP contribution is 2.26. The molecule has 0 aliphatic carbocycles. The van der Waals surface area contributed by atoms with Crippen molar-refractivity contribution < 1.29 is 23.2 Å². The number of hydrogen-bond acceptors (Lipinski definition) is 5. The summed E-state index contributed by atoms with van der Waals surface area (Å²) in [6, 6.07) is 6.91. The molecule has 1 aromatic rings. The standard InChI is InChI=1S/C18H27N3O4S/c1-14(18(23)19(2)15-7-12-26(24,25)13-15)20-8-10-21(11-9-20)16-5-3-4-6-17(16)22/h3-6,14-15,22H,7-13H2,1-2H3/p+1/t14-,15-/m1/s1. The summed E-state index contributed by atoms with van der Waals surface area (Å²) in [5.74, 6) is 0.550. The first-order valence-corrected chi connectivity index (χ1v) is 11.0. The second-order valence-corrected chi connectivity index (χ2v) is 9.59. The molecule has 2 heterocycles. The number of piperazine rings is 1. The number of phenols is 1. The highest BCUT2D eigenvalue weighted by molar-refractivity contribution is 7.91. The molecule has 0 spiro atoms. The van der Waals surface area contributed by atoms with Crippen LogP contribution in [0.2, 0.25) is 0 Å². The van der Waals surface area contributed by atoms with Gasteiger partial charge in [0.05, 0.1) is 43.4 Å². The van der Waals surface area contributed by atoms with E-state index in [2.05, 4.69) is 4.90 Å². The largest absolute Gasteiger partial charge is 0.506 e. The normalized spacial score (nSPS) is 24.4. The Morgan fingerprint density at radius 2 is 1.96 bits per heavy atom. The molecule has 0 unspecified atom stereocenters. The first-order chi connectivity index (χ1) is 12.3. The topological polar surface area (TPSA) is 82.4 Å². The average Bonchev–Trinajstić information content (AvgIpc) is 3.00. The Morgan fingerprint density at radius 1 is 1.31 bits per heavy atom. The van der Waals surface area contributed by atoms with Gasteiger partial charge in [0.15, 0.2) is 15.9 Å². The Hall–Kier alpha value is -1.80. The molecule has 1 aromatic carbocycles. The second kappa shape index (κ2) is 7.44. The molecular weight excluding hydrogens is 354 g/mol. The quantitative estimate of drug-likeness (QED) is 0.708. The van der Waals surface area contributed by atoms with Crippen molar-refractivity contribution in [3.8, 4) is 5.75 Å². The van der Waals surface area contributed by atoms with Crippen LogP contribution < -0.4 is 9.80 Å². The summed E-state index contributed by atoms with van der Waals surface area (Å²) in [6.07, 6.45) is 0.535. The molecule has 2 atom stereocenters. The molecule has 2 saturated heterocycles. The fourth-order valence-corrected chi connectivity index (χ4v) is 5.71. The van der Waals surface area contributed by atoms with Gasteiger partial charge in [-0.15, -0.1) is 0 Å². The molecule has 2 aliphatic heterocycles. The number of phenolic OH excluding ortho intramolecular Hbond substituents is 1. The van der Waals surface area contributed by atoms with Crippen LogP contribution in [0.5, 0.6) is 5.75 Å². The van der Waals surface area contributed by atoms with Crippen LogP contribution in [0.3, 0.4) is 0 Å². The lowest BCUT2D eigenvalue weighted by atomic mass is 10.1. The van der Waals surface area contributed by atoms with Gasteiger partial charge in [0.1, 0.15) is 5.75 Å². The predicted octanol–water partition coefficient (Wildman–Crippen LogP) is -0.869. The number of benzene rings is 1. The van der Waals surface area contributed by atoms with Crippen molar-refractivity contribution in [1.82, 2.24) is 4.90 Å². The van der Waals surface area contributed by atoms with Crippen LogP contribution in [0.15, 0.2) is 24.3 Å². The summed E-state index contributed by atoms with van der Waals surface area (Å²) < 4.78 is 23.3. The molecular formula is C18H28N3O4S+. The van der Waals surface area contributed by atoms with Gasteiger partial charge in [0, 0.05) is 13.1 Å². The van der Waals surface area contributed by atoms with Crippen molar-refractivity contribution in [2.75, 3.05) is 49.6 Å². The van der Waals surface area contributed by atoms with Crippen molar-refractivity contribution in [3.05, 3.63) is 24.3 Å². The zero-order valence-corrected chi connectivity index (χ0v) is 16.2. The fraction of sp³-hybridized carbons (Fsp3) is 0.611. The number of likely N-dealkylation sites (N-methyl/N-ethyl adjacent to an activating group) is 1. The lowest BCUT2D eigenvalue weighted by Crippen LogP contribution is -3.19. The van der Waals surface area contributed by atoms with Gasteiger partial charge in [-0.25, -0.2) is 8.42 Å². The van der Waals surface area contributed by atoms with E-state index in [4.69, 9.17) is 0 Å². The minimum atomic E-state index is -3.00. The minimum Gasteiger partial charge on any atom is -0.506 e. The number of carbonyl (C=O) groups excluding carboxylic acids is 1. The Balaban J connectivity index is 1.57. The van der Waals surface area contributed by atoms with Crippen LogP contribution in [-0.4, -0.2) is 81.1 Å². The number of nitrogens with one attached hydrogen (secondary N) is 1. The van der Waals surface area contributed by atoms with E-state index in [0.717, 1.165) is 31.9 Å². The molecule has 1 amide bonds. The molecule has 2 aliphatic rings. The summed E-state index contributed by atoms with van der Waals surface area (Å²) in [6.45, 7) is 5.07. The molecule has 144 valence electrons. The van der Waals surface area contributed by atoms with E-state index < -0.39 is 9.84 Å². The SMILES string of the molecule is C[C@H](C(=O)N(C)[C@@H]1CCS(=O)(=O)C1)[NH+]1CCN(c2ccccc2O)CC1. The van der Waals surface area contributed by atoms with E-state index in [-0.39, 0.29) is 35.2 Å². The number of sulfone groups is 1. The van der Waals surface area contributed by atoms with Crippen LogP contribution in [0, 0.1) is 0 Å². The highest BCUT2D eigenvalue weighted by atomic mass is 32.2. The zero-order valence-electron chi connectivity index (χ0n) is 15.4. The zero-order chi connectivity index (χ0) is 18.9. The third-order valence-corrected chi connectivity index (χ3v) is 7.46. The third kappa shape index (κ3) is 3.96. The van der Waals surface area contributed by atoms with Crippen LogP contribution in [-0.2, 0) is 14.6 Å².